The minimum atomic E-state index is -0.0441. The number of nitrogens with two attached hydrogens (primary N) is 1. The largest absolute Gasteiger partial charge is 0.330 e. The van der Waals surface area contributed by atoms with Crippen molar-refractivity contribution in [3.05, 3.63) is 17.0 Å². The fourth-order valence-electron chi connectivity index (χ4n) is 2.63. The monoisotopic (exact) mass is 292 g/mol. The number of nitrogens with zero attached hydrogens (tertiary/aromatic N) is 2. The molecule has 1 aliphatic rings. The molecule has 20 heavy (non-hydrogen) atoms. The van der Waals surface area contributed by atoms with E-state index in [1.54, 1.807) is 6.07 Å². The van der Waals surface area contributed by atoms with Crippen molar-refractivity contribution in [1.82, 2.24) is 4.90 Å². The molecule has 0 bridgehead atoms. The maximum Gasteiger partial charge on any atom is 0.239 e. The van der Waals surface area contributed by atoms with Crippen LogP contribution >= 0.6 is 11.3 Å². The SMILES string of the molecule is N#Cc1ccsc1NC(=O)CN1CCCC(CCN)C1. The first-order valence-corrected chi connectivity index (χ1v) is 7.80. The molecule has 0 spiro atoms. The van der Waals surface area contributed by atoms with E-state index in [1.807, 2.05) is 5.38 Å². The lowest BCUT2D eigenvalue weighted by Gasteiger charge is -2.31. The van der Waals surface area contributed by atoms with E-state index in [4.69, 9.17) is 11.0 Å². The van der Waals surface area contributed by atoms with Crippen molar-refractivity contribution in [2.75, 3.05) is 31.5 Å². The fourth-order valence-corrected chi connectivity index (χ4v) is 3.38. The van der Waals surface area contributed by atoms with Gasteiger partial charge in [0.1, 0.15) is 11.1 Å². The molecule has 0 aromatic carbocycles. The maximum atomic E-state index is 12.0. The first-order chi connectivity index (χ1) is 9.72. The van der Waals surface area contributed by atoms with Gasteiger partial charge in [0.2, 0.25) is 5.91 Å². The van der Waals surface area contributed by atoms with Gasteiger partial charge in [0.25, 0.3) is 0 Å². The zero-order valence-corrected chi connectivity index (χ0v) is 12.3. The topological polar surface area (TPSA) is 82.2 Å². The molecule has 3 N–H and O–H groups in total. The number of thiophene rings is 1. The van der Waals surface area contributed by atoms with Gasteiger partial charge in [-0.05, 0) is 49.7 Å². The van der Waals surface area contributed by atoms with E-state index in [1.165, 1.54) is 17.8 Å². The van der Waals surface area contributed by atoms with Gasteiger partial charge >= 0.3 is 0 Å². The zero-order chi connectivity index (χ0) is 14.4. The van der Waals surface area contributed by atoms with E-state index in [0.29, 0.717) is 29.6 Å². The Hall–Kier alpha value is -1.42. The second-order valence-corrected chi connectivity index (χ2v) is 6.06. The molecule has 108 valence electrons. The van der Waals surface area contributed by atoms with E-state index in [9.17, 15) is 4.79 Å². The van der Waals surface area contributed by atoms with E-state index < -0.39 is 0 Å². The molecule has 6 heteroatoms. The molecular weight excluding hydrogens is 272 g/mol. The quantitative estimate of drug-likeness (QED) is 0.864. The summed E-state index contributed by atoms with van der Waals surface area (Å²) in [6, 6.07) is 3.80. The molecule has 1 atom stereocenters. The second kappa shape index (κ2) is 7.39. The van der Waals surface area contributed by atoms with Gasteiger partial charge in [0.05, 0.1) is 12.1 Å². The summed E-state index contributed by atoms with van der Waals surface area (Å²) < 4.78 is 0. The zero-order valence-electron chi connectivity index (χ0n) is 11.5. The molecular formula is C14H20N4OS. The number of hydrogen-bond acceptors (Lipinski definition) is 5. The van der Waals surface area contributed by atoms with Crippen molar-refractivity contribution < 1.29 is 4.79 Å². The molecule has 5 nitrogen and oxygen atoms in total. The Bertz CT molecular complexity index is 492. The highest BCUT2D eigenvalue weighted by molar-refractivity contribution is 7.14. The van der Waals surface area contributed by atoms with Crippen LogP contribution in [0, 0.1) is 17.2 Å². The van der Waals surface area contributed by atoms with Gasteiger partial charge in [0.15, 0.2) is 0 Å². The molecule has 0 saturated carbocycles. The van der Waals surface area contributed by atoms with Crippen LogP contribution in [0.25, 0.3) is 0 Å². The van der Waals surface area contributed by atoms with Gasteiger partial charge in [-0.1, -0.05) is 0 Å². The summed E-state index contributed by atoms with van der Waals surface area (Å²) in [6.45, 7) is 3.01. The van der Waals surface area contributed by atoms with Gasteiger partial charge < -0.3 is 11.1 Å². The molecule has 1 aliphatic heterocycles. The van der Waals surface area contributed by atoms with Gasteiger partial charge in [-0.15, -0.1) is 11.3 Å². The van der Waals surface area contributed by atoms with Crippen molar-refractivity contribution in [1.29, 1.82) is 5.26 Å². The average molecular weight is 292 g/mol. The number of nitriles is 1. The molecule has 1 saturated heterocycles. The number of rotatable bonds is 5. The summed E-state index contributed by atoms with van der Waals surface area (Å²) in [7, 11) is 0. The van der Waals surface area contributed by atoms with E-state index in [-0.39, 0.29) is 5.91 Å². The van der Waals surface area contributed by atoms with Crippen LogP contribution in [0.3, 0.4) is 0 Å². The van der Waals surface area contributed by atoms with Crippen LogP contribution < -0.4 is 11.1 Å². The van der Waals surface area contributed by atoms with Gasteiger partial charge in [-0.3, -0.25) is 9.69 Å². The van der Waals surface area contributed by atoms with E-state index >= 15 is 0 Å². The summed E-state index contributed by atoms with van der Waals surface area (Å²) in [4.78, 5) is 14.2. The van der Waals surface area contributed by atoms with Crippen molar-refractivity contribution in [3.63, 3.8) is 0 Å². The molecule has 1 unspecified atom stereocenters. The van der Waals surface area contributed by atoms with Crippen LogP contribution in [-0.4, -0.2) is 37.0 Å². The second-order valence-electron chi connectivity index (χ2n) is 5.14. The Kier molecular flexibility index (Phi) is 5.53. The molecule has 0 radical (unpaired) electrons. The minimum absolute atomic E-state index is 0.0441. The summed E-state index contributed by atoms with van der Waals surface area (Å²) in [6.07, 6.45) is 3.36. The highest BCUT2D eigenvalue weighted by Gasteiger charge is 2.21. The molecule has 1 aromatic heterocycles. The van der Waals surface area contributed by atoms with Crippen LogP contribution in [-0.2, 0) is 4.79 Å². The van der Waals surface area contributed by atoms with Crippen molar-refractivity contribution in [2.24, 2.45) is 11.7 Å². The number of hydrogen-bond donors (Lipinski definition) is 2. The molecule has 2 rings (SSSR count). The van der Waals surface area contributed by atoms with Gasteiger partial charge in [-0.2, -0.15) is 5.26 Å². The number of nitrogens with one attached hydrogen (secondary N) is 1. The minimum Gasteiger partial charge on any atom is -0.330 e. The van der Waals surface area contributed by atoms with Gasteiger partial charge in [0, 0.05) is 6.54 Å². The predicted octanol–water partition coefficient (Wildman–Crippen LogP) is 1.62. The Morgan fingerprint density at radius 2 is 2.50 bits per heavy atom. The average Bonchev–Trinajstić information content (AvgIpc) is 2.86. The summed E-state index contributed by atoms with van der Waals surface area (Å²) in [5, 5.41) is 14.2. The lowest BCUT2D eigenvalue weighted by atomic mass is 9.95. The third-order valence-corrected chi connectivity index (χ3v) is 4.41. The summed E-state index contributed by atoms with van der Waals surface area (Å²) in [5.74, 6) is 0.565. The summed E-state index contributed by atoms with van der Waals surface area (Å²) in [5.41, 5.74) is 6.13. The molecule has 2 heterocycles. The lowest BCUT2D eigenvalue weighted by Crippen LogP contribution is -2.40. The molecule has 0 aliphatic carbocycles. The first-order valence-electron chi connectivity index (χ1n) is 6.92. The lowest BCUT2D eigenvalue weighted by molar-refractivity contribution is -0.117. The normalized spacial score (nSPS) is 19.5. The Morgan fingerprint density at radius 1 is 1.65 bits per heavy atom. The number of likely N-dealkylation sites (tertiary alicyclic amines) is 1. The standard InChI is InChI=1S/C14H20N4OS/c15-5-3-11-2-1-6-18(9-11)10-13(19)17-14-12(8-16)4-7-20-14/h4,7,11H,1-3,5-6,9-10,15H2,(H,17,19). The van der Waals surface area contributed by atoms with Crippen LogP contribution in [0.5, 0.6) is 0 Å². The number of carbonyl (C=O) groups is 1. The molecule has 1 fully saturated rings. The van der Waals surface area contributed by atoms with Gasteiger partial charge in [-0.25, -0.2) is 0 Å². The Balaban J connectivity index is 1.84. The molecule has 1 aromatic rings. The van der Waals surface area contributed by atoms with Crippen LogP contribution in [0.15, 0.2) is 11.4 Å². The summed E-state index contributed by atoms with van der Waals surface area (Å²) >= 11 is 1.38. The smallest absolute Gasteiger partial charge is 0.239 e. The number of anilines is 1. The first kappa shape index (κ1) is 15.0. The fraction of sp³-hybridized carbons (Fsp3) is 0.571. The van der Waals surface area contributed by atoms with Crippen molar-refractivity contribution in [2.45, 2.75) is 19.3 Å². The van der Waals surface area contributed by atoms with Crippen molar-refractivity contribution in [3.8, 4) is 6.07 Å². The Morgan fingerprint density at radius 3 is 3.25 bits per heavy atom. The number of amides is 1. The predicted molar refractivity (Wildman–Crippen MR) is 80.5 cm³/mol. The molecule has 1 amide bonds. The highest BCUT2D eigenvalue weighted by Crippen LogP contribution is 2.22. The number of piperidine rings is 1. The maximum absolute atomic E-state index is 12.0. The van der Waals surface area contributed by atoms with E-state index in [0.717, 1.165) is 25.9 Å². The Labute approximate surface area is 123 Å². The van der Waals surface area contributed by atoms with Crippen molar-refractivity contribution >= 4 is 22.2 Å². The van der Waals surface area contributed by atoms with E-state index in [2.05, 4.69) is 16.3 Å². The van der Waals surface area contributed by atoms with Crippen LogP contribution in [0.2, 0.25) is 0 Å². The highest BCUT2D eigenvalue weighted by atomic mass is 32.1. The third-order valence-electron chi connectivity index (χ3n) is 3.58. The van der Waals surface area contributed by atoms with Crippen LogP contribution in [0.4, 0.5) is 5.00 Å². The third kappa shape index (κ3) is 4.04. The van der Waals surface area contributed by atoms with Crippen LogP contribution in [0.1, 0.15) is 24.8 Å². The number of carbonyl (C=O) groups excluding carboxylic acids is 1.